The van der Waals surface area contributed by atoms with Gasteiger partial charge in [0.1, 0.15) is 11.6 Å². The van der Waals surface area contributed by atoms with E-state index in [1.807, 2.05) is 11.8 Å². The highest BCUT2D eigenvalue weighted by molar-refractivity contribution is 7.99. The van der Waals surface area contributed by atoms with Crippen molar-refractivity contribution in [2.75, 3.05) is 25.2 Å². The van der Waals surface area contributed by atoms with Gasteiger partial charge in [-0.3, -0.25) is 4.79 Å². The first-order valence-corrected chi connectivity index (χ1v) is 8.32. The Kier molecular flexibility index (Phi) is 5.91. The molecule has 0 bridgehead atoms. The Morgan fingerprint density at radius 1 is 1.33 bits per heavy atom. The Bertz CT molecular complexity index is 457. The summed E-state index contributed by atoms with van der Waals surface area (Å²) in [5.74, 6) is 2.36. The smallest absolute Gasteiger partial charge is 0.306 e. The number of hydrogen-bond acceptors (Lipinski definition) is 4. The molecule has 2 rings (SSSR count). The first-order valence-electron chi connectivity index (χ1n) is 7.16. The summed E-state index contributed by atoms with van der Waals surface area (Å²) in [6.07, 6.45) is 3.74. The summed E-state index contributed by atoms with van der Waals surface area (Å²) in [5.41, 5.74) is 0.190. The molecule has 0 radical (unpaired) electrons. The molecule has 0 atom stereocenters. The van der Waals surface area contributed by atoms with Crippen LogP contribution in [-0.2, 0) is 9.53 Å². The molecule has 1 aromatic rings. The lowest BCUT2D eigenvalue weighted by Crippen LogP contribution is -2.13. The minimum Gasteiger partial charge on any atom is -0.494 e. The molecule has 1 aromatic carbocycles. The van der Waals surface area contributed by atoms with Crippen molar-refractivity contribution in [3.05, 3.63) is 30.1 Å². The number of carbonyl (C=O) groups excluding carboxylic acids is 1. The summed E-state index contributed by atoms with van der Waals surface area (Å²) in [4.78, 5) is 11.3. The highest BCUT2D eigenvalue weighted by atomic mass is 32.2. The minimum atomic E-state index is -0.252. The van der Waals surface area contributed by atoms with Gasteiger partial charge in [0, 0.05) is 0 Å². The fraction of sp³-hybridized carbons (Fsp3) is 0.562. The van der Waals surface area contributed by atoms with Gasteiger partial charge < -0.3 is 9.47 Å². The van der Waals surface area contributed by atoms with Crippen molar-refractivity contribution in [1.29, 1.82) is 0 Å². The van der Waals surface area contributed by atoms with Crippen LogP contribution in [0.15, 0.2) is 24.3 Å². The minimum absolute atomic E-state index is 0.104. The van der Waals surface area contributed by atoms with Crippen LogP contribution in [0.1, 0.15) is 25.7 Å². The molecule has 1 fully saturated rings. The van der Waals surface area contributed by atoms with Gasteiger partial charge in [0.05, 0.1) is 20.1 Å². The molecule has 0 aromatic heterocycles. The van der Waals surface area contributed by atoms with Gasteiger partial charge in [0.15, 0.2) is 0 Å². The second-order valence-electron chi connectivity index (χ2n) is 5.46. The molecule has 1 saturated carbocycles. The Balaban J connectivity index is 1.54. The fourth-order valence-corrected chi connectivity index (χ4v) is 3.39. The molecular weight excluding hydrogens is 291 g/mol. The van der Waals surface area contributed by atoms with Gasteiger partial charge in [-0.2, -0.15) is 11.8 Å². The average molecular weight is 312 g/mol. The van der Waals surface area contributed by atoms with E-state index >= 15 is 0 Å². The number of carbonyl (C=O) groups is 1. The molecule has 0 unspecified atom stereocenters. The van der Waals surface area contributed by atoms with Crippen LogP contribution in [0, 0.1) is 11.2 Å². The third-order valence-corrected chi connectivity index (χ3v) is 5.02. The number of thioether (sulfide) groups is 1. The SMILES string of the molecule is COC(=O)CC1(CSCCCOc2ccc(F)cc2)CC1. The van der Waals surface area contributed by atoms with Crippen LogP contribution in [0.25, 0.3) is 0 Å². The Hall–Kier alpha value is -1.23. The second-order valence-corrected chi connectivity index (χ2v) is 6.57. The maximum atomic E-state index is 12.7. The van der Waals surface area contributed by atoms with E-state index in [1.54, 1.807) is 12.1 Å². The molecule has 21 heavy (non-hydrogen) atoms. The van der Waals surface area contributed by atoms with E-state index in [4.69, 9.17) is 9.47 Å². The van der Waals surface area contributed by atoms with Gasteiger partial charge in [-0.25, -0.2) is 4.39 Å². The van der Waals surface area contributed by atoms with Gasteiger partial charge in [-0.1, -0.05) is 0 Å². The van der Waals surface area contributed by atoms with Crippen molar-refractivity contribution >= 4 is 17.7 Å². The third-order valence-electron chi connectivity index (χ3n) is 3.63. The van der Waals surface area contributed by atoms with Crippen LogP contribution in [0.5, 0.6) is 5.75 Å². The maximum absolute atomic E-state index is 12.7. The molecule has 5 heteroatoms. The van der Waals surface area contributed by atoms with Crippen molar-refractivity contribution in [1.82, 2.24) is 0 Å². The summed E-state index contributed by atoms with van der Waals surface area (Å²) >= 11 is 1.86. The van der Waals surface area contributed by atoms with E-state index in [0.717, 1.165) is 30.8 Å². The Morgan fingerprint density at radius 2 is 2.05 bits per heavy atom. The largest absolute Gasteiger partial charge is 0.494 e. The molecule has 3 nitrogen and oxygen atoms in total. The summed E-state index contributed by atoms with van der Waals surface area (Å²) in [6, 6.07) is 6.07. The maximum Gasteiger partial charge on any atom is 0.306 e. The zero-order chi connectivity index (χ0) is 15.1. The number of methoxy groups -OCH3 is 1. The van der Waals surface area contributed by atoms with E-state index in [2.05, 4.69) is 0 Å². The number of benzene rings is 1. The van der Waals surface area contributed by atoms with E-state index < -0.39 is 0 Å². The van der Waals surface area contributed by atoms with Gasteiger partial charge in [0.2, 0.25) is 0 Å². The predicted molar refractivity (Wildman–Crippen MR) is 82.1 cm³/mol. The lowest BCUT2D eigenvalue weighted by Gasteiger charge is -2.13. The number of esters is 1. The standard InChI is InChI=1S/C16H21FO3S/c1-19-15(18)11-16(7-8-16)12-21-10-2-9-20-14-5-3-13(17)4-6-14/h3-6H,2,7-12H2,1H3. The highest BCUT2D eigenvalue weighted by Gasteiger charge is 2.44. The molecule has 1 aliphatic carbocycles. The summed E-state index contributed by atoms with van der Waals surface area (Å²) in [7, 11) is 1.44. The monoisotopic (exact) mass is 312 g/mol. The van der Waals surface area contributed by atoms with E-state index in [0.29, 0.717) is 18.8 Å². The number of ether oxygens (including phenoxy) is 2. The van der Waals surface area contributed by atoms with E-state index in [1.165, 1.54) is 19.2 Å². The van der Waals surface area contributed by atoms with Crippen LogP contribution in [-0.4, -0.2) is 31.2 Å². The molecular formula is C16H21FO3S. The van der Waals surface area contributed by atoms with Crippen LogP contribution in [0.2, 0.25) is 0 Å². The van der Waals surface area contributed by atoms with Crippen LogP contribution in [0.4, 0.5) is 4.39 Å². The Labute approximate surface area is 129 Å². The average Bonchev–Trinajstić information content (AvgIpc) is 3.24. The predicted octanol–water partition coefficient (Wildman–Crippen LogP) is 3.67. The van der Waals surface area contributed by atoms with Gasteiger partial charge in [0.25, 0.3) is 0 Å². The first kappa shape index (κ1) is 16.1. The molecule has 0 saturated heterocycles. The van der Waals surface area contributed by atoms with Crippen LogP contribution >= 0.6 is 11.8 Å². The molecule has 0 amide bonds. The fourth-order valence-electron chi connectivity index (χ4n) is 2.10. The van der Waals surface area contributed by atoms with Crippen molar-refractivity contribution in [3.8, 4) is 5.75 Å². The van der Waals surface area contributed by atoms with E-state index in [9.17, 15) is 9.18 Å². The quantitative estimate of drug-likeness (QED) is 0.515. The van der Waals surface area contributed by atoms with E-state index in [-0.39, 0.29) is 17.2 Å². The lowest BCUT2D eigenvalue weighted by molar-refractivity contribution is -0.141. The Morgan fingerprint density at radius 3 is 2.67 bits per heavy atom. The summed E-state index contributed by atoms with van der Waals surface area (Å²) in [6.45, 7) is 0.628. The lowest BCUT2D eigenvalue weighted by atomic mass is 10.1. The number of hydrogen-bond donors (Lipinski definition) is 0. The summed E-state index contributed by atoms with van der Waals surface area (Å²) < 4.78 is 23.0. The van der Waals surface area contributed by atoms with Gasteiger partial charge in [-0.15, -0.1) is 0 Å². The van der Waals surface area contributed by atoms with Crippen molar-refractivity contribution in [2.45, 2.75) is 25.7 Å². The van der Waals surface area contributed by atoms with Gasteiger partial charge >= 0.3 is 5.97 Å². The normalized spacial score (nSPS) is 15.5. The second kappa shape index (κ2) is 7.69. The topological polar surface area (TPSA) is 35.5 Å². The molecule has 0 aliphatic heterocycles. The third kappa shape index (κ3) is 5.58. The summed E-state index contributed by atoms with van der Waals surface area (Å²) in [5, 5.41) is 0. The molecule has 0 heterocycles. The van der Waals surface area contributed by atoms with Crippen molar-refractivity contribution < 1.29 is 18.7 Å². The number of halogens is 1. The highest BCUT2D eigenvalue weighted by Crippen LogP contribution is 2.51. The molecule has 1 aliphatic rings. The van der Waals surface area contributed by atoms with Crippen LogP contribution in [0.3, 0.4) is 0 Å². The van der Waals surface area contributed by atoms with Gasteiger partial charge in [-0.05, 0) is 60.4 Å². The molecule has 0 N–H and O–H groups in total. The molecule has 116 valence electrons. The number of rotatable bonds is 9. The first-order chi connectivity index (χ1) is 10.1. The van der Waals surface area contributed by atoms with Crippen molar-refractivity contribution in [2.24, 2.45) is 5.41 Å². The molecule has 0 spiro atoms. The van der Waals surface area contributed by atoms with Crippen LogP contribution < -0.4 is 4.74 Å². The van der Waals surface area contributed by atoms with Crippen molar-refractivity contribution in [3.63, 3.8) is 0 Å². The zero-order valence-corrected chi connectivity index (χ0v) is 13.1. The zero-order valence-electron chi connectivity index (χ0n) is 12.3.